The van der Waals surface area contributed by atoms with Crippen molar-refractivity contribution >= 4 is 16.1 Å². The molecule has 1 fully saturated rings. The third-order valence-corrected chi connectivity index (χ3v) is 5.24. The van der Waals surface area contributed by atoms with Gasteiger partial charge in [0.15, 0.2) is 0 Å². The van der Waals surface area contributed by atoms with Crippen LogP contribution < -0.4 is 5.32 Å². The van der Waals surface area contributed by atoms with Crippen LogP contribution in [0.1, 0.15) is 19.8 Å². The Bertz CT molecular complexity index is 574. The van der Waals surface area contributed by atoms with Gasteiger partial charge < -0.3 is 10.1 Å². The molecule has 7 heteroatoms. The van der Waals surface area contributed by atoms with E-state index in [1.807, 2.05) is 0 Å². The van der Waals surface area contributed by atoms with E-state index in [2.05, 4.69) is 5.32 Å². The van der Waals surface area contributed by atoms with Crippen molar-refractivity contribution in [3.05, 3.63) is 30.3 Å². The molecule has 1 saturated heterocycles. The van der Waals surface area contributed by atoms with Crippen molar-refractivity contribution in [3.8, 4) is 0 Å². The first-order valence-electron chi connectivity index (χ1n) is 7.02. The highest BCUT2D eigenvalue weighted by atomic mass is 32.2. The molecule has 0 bridgehead atoms. The number of amides is 1. The maximum absolute atomic E-state index is 12.5. The summed E-state index contributed by atoms with van der Waals surface area (Å²) in [5, 5.41) is 2.71. The summed E-state index contributed by atoms with van der Waals surface area (Å²) in [6, 6.07) is 8.13. The van der Waals surface area contributed by atoms with Crippen LogP contribution in [0, 0.1) is 0 Å². The molecule has 1 aromatic carbocycles. The van der Waals surface area contributed by atoms with Crippen LogP contribution in [0.2, 0.25) is 0 Å². The second kappa shape index (κ2) is 6.91. The number of carbonyl (C=O) groups excluding carboxylic acids is 1. The summed E-state index contributed by atoms with van der Waals surface area (Å²) in [6.07, 6.45) is 0.962. The Hall–Kier alpha value is -1.60. The predicted octanol–water partition coefficient (Wildman–Crippen LogP) is 1.59. The number of rotatable bonds is 4. The molecule has 1 aromatic rings. The number of sulfonamides is 1. The summed E-state index contributed by atoms with van der Waals surface area (Å²) in [5.74, 6) is 0. The van der Waals surface area contributed by atoms with E-state index in [0.29, 0.717) is 19.6 Å². The monoisotopic (exact) mass is 312 g/mol. The van der Waals surface area contributed by atoms with Crippen LogP contribution in [0.3, 0.4) is 0 Å². The van der Waals surface area contributed by atoms with E-state index < -0.39 is 16.1 Å². The molecule has 0 saturated carbocycles. The van der Waals surface area contributed by atoms with Crippen molar-refractivity contribution in [2.24, 2.45) is 0 Å². The fourth-order valence-corrected chi connectivity index (χ4v) is 3.90. The van der Waals surface area contributed by atoms with Crippen molar-refractivity contribution in [2.45, 2.75) is 30.7 Å². The van der Waals surface area contributed by atoms with Gasteiger partial charge in [0, 0.05) is 19.1 Å². The molecule has 2 rings (SSSR count). The number of nitrogens with zero attached hydrogens (tertiary/aromatic N) is 1. The Morgan fingerprint density at radius 2 is 2.10 bits per heavy atom. The second-order valence-electron chi connectivity index (χ2n) is 4.88. The highest BCUT2D eigenvalue weighted by molar-refractivity contribution is 7.89. The maximum atomic E-state index is 12.5. The third-order valence-electron chi connectivity index (χ3n) is 3.36. The van der Waals surface area contributed by atoms with E-state index in [1.165, 1.54) is 4.31 Å². The molecule has 0 aliphatic carbocycles. The molecule has 0 unspecified atom stereocenters. The zero-order chi connectivity index (χ0) is 15.3. The van der Waals surface area contributed by atoms with Crippen LogP contribution >= 0.6 is 0 Å². The van der Waals surface area contributed by atoms with Crippen molar-refractivity contribution in [1.82, 2.24) is 9.62 Å². The standard InChI is InChI=1S/C14H20N2O4S/c1-2-20-14(17)15-12-7-6-10-16(11-12)21(18,19)13-8-4-3-5-9-13/h3-5,8-9,12H,2,6-7,10-11H2,1H3,(H,15,17)/t12-/m1/s1. The molecular formula is C14H20N2O4S. The summed E-state index contributed by atoms with van der Waals surface area (Å²) in [4.78, 5) is 11.7. The second-order valence-corrected chi connectivity index (χ2v) is 6.82. The summed E-state index contributed by atoms with van der Waals surface area (Å²) < 4.78 is 31.3. The number of piperidine rings is 1. The summed E-state index contributed by atoms with van der Waals surface area (Å²) in [6.45, 7) is 2.77. The average Bonchev–Trinajstić information content (AvgIpc) is 2.48. The largest absolute Gasteiger partial charge is 0.450 e. The molecule has 1 atom stereocenters. The predicted molar refractivity (Wildman–Crippen MR) is 78.4 cm³/mol. The van der Waals surface area contributed by atoms with Gasteiger partial charge in [0.2, 0.25) is 10.0 Å². The Balaban J connectivity index is 2.05. The molecule has 1 N–H and O–H groups in total. The minimum Gasteiger partial charge on any atom is -0.450 e. The Kier molecular flexibility index (Phi) is 5.19. The molecule has 1 aliphatic heterocycles. The van der Waals surface area contributed by atoms with Crippen molar-refractivity contribution in [2.75, 3.05) is 19.7 Å². The van der Waals surface area contributed by atoms with Gasteiger partial charge >= 0.3 is 6.09 Å². The normalized spacial score (nSPS) is 20.0. The fraction of sp³-hybridized carbons (Fsp3) is 0.500. The Morgan fingerprint density at radius 3 is 2.76 bits per heavy atom. The number of hydrogen-bond acceptors (Lipinski definition) is 4. The quantitative estimate of drug-likeness (QED) is 0.916. The lowest BCUT2D eigenvalue weighted by Crippen LogP contribution is -2.49. The van der Waals surface area contributed by atoms with E-state index in [9.17, 15) is 13.2 Å². The molecule has 0 spiro atoms. The van der Waals surface area contributed by atoms with Gasteiger partial charge in [-0.05, 0) is 31.9 Å². The summed E-state index contributed by atoms with van der Waals surface area (Å²) >= 11 is 0. The minimum atomic E-state index is -3.50. The maximum Gasteiger partial charge on any atom is 0.407 e. The molecule has 1 heterocycles. The zero-order valence-corrected chi connectivity index (χ0v) is 12.8. The number of benzene rings is 1. The molecule has 0 radical (unpaired) electrons. The van der Waals surface area contributed by atoms with E-state index in [-0.39, 0.29) is 17.5 Å². The topological polar surface area (TPSA) is 75.7 Å². The Morgan fingerprint density at radius 1 is 1.38 bits per heavy atom. The molecule has 116 valence electrons. The molecule has 1 amide bonds. The van der Waals surface area contributed by atoms with Gasteiger partial charge in [-0.25, -0.2) is 13.2 Å². The number of hydrogen-bond donors (Lipinski definition) is 1. The minimum absolute atomic E-state index is 0.212. The van der Waals surface area contributed by atoms with Gasteiger partial charge in [-0.1, -0.05) is 18.2 Å². The highest BCUT2D eigenvalue weighted by Gasteiger charge is 2.30. The first-order chi connectivity index (χ1) is 10.0. The fourth-order valence-electron chi connectivity index (χ4n) is 2.36. The molecular weight excluding hydrogens is 292 g/mol. The number of nitrogens with one attached hydrogen (secondary N) is 1. The number of alkyl carbamates (subject to hydrolysis) is 1. The van der Waals surface area contributed by atoms with Gasteiger partial charge in [-0.2, -0.15) is 4.31 Å². The SMILES string of the molecule is CCOC(=O)N[C@@H]1CCCN(S(=O)(=O)c2ccccc2)C1. The van der Waals surface area contributed by atoms with E-state index in [1.54, 1.807) is 37.3 Å². The molecule has 0 aromatic heterocycles. The van der Waals surface area contributed by atoms with Crippen LogP contribution in [0.15, 0.2) is 35.2 Å². The first kappa shape index (κ1) is 15.8. The Labute approximate surface area is 125 Å². The molecule has 21 heavy (non-hydrogen) atoms. The van der Waals surface area contributed by atoms with Gasteiger partial charge in [-0.15, -0.1) is 0 Å². The summed E-state index contributed by atoms with van der Waals surface area (Å²) in [7, 11) is -3.50. The lowest BCUT2D eigenvalue weighted by molar-refractivity contribution is 0.142. The van der Waals surface area contributed by atoms with E-state index in [4.69, 9.17) is 4.74 Å². The van der Waals surface area contributed by atoms with Gasteiger partial charge in [0.05, 0.1) is 11.5 Å². The number of carbonyl (C=O) groups is 1. The summed E-state index contributed by atoms with van der Waals surface area (Å²) in [5.41, 5.74) is 0. The van der Waals surface area contributed by atoms with Gasteiger partial charge in [0.25, 0.3) is 0 Å². The van der Waals surface area contributed by atoms with Gasteiger partial charge in [-0.3, -0.25) is 0 Å². The van der Waals surface area contributed by atoms with Crippen molar-refractivity contribution in [1.29, 1.82) is 0 Å². The van der Waals surface area contributed by atoms with E-state index in [0.717, 1.165) is 6.42 Å². The highest BCUT2D eigenvalue weighted by Crippen LogP contribution is 2.20. The zero-order valence-electron chi connectivity index (χ0n) is 12.0. The average molecular weight is 312 g/mol. The van der Waals surface area contributed by atoms with E-state index >= 15 is 0 Å². The van der Waals surface area contributed by atoms with Gasteiger partial charge in [0.1, 0.15) is 0 Å². The van der Waals surface area contributed by atoms with Crippen LogP contribution in [-0.2, 0) is 14.8 Å². The molecule has 1 aliphatic rings. The lowest BCUT2D eigenvalue weighted by atomic mass is 10.1. The number of ether oxygens (including phenoxy) is 1. The first-order valence-corrected chi connectivity index (χ1v) is 8.46. The van der Waals surface area contributed by atoms with Crippen molar-refractivity contribution < 1.29 is 17.9 Å². The lowest BCUT2D eigenvalue weighted by Gasteiger charge is -2.32. The van der Waals surface area contributed by atoms with Crippen LogP contribution in [0.25, 0.3) is 0 Å². The van der Waals surface area contributed by atoms with Crippen LogP contribution in [0.4, 0.5) is 4.79 Å². The molecule has 6 nitrogen and oxygen atoms in total. The van der Waals surface area contributed by atoms with Crippen LogP contribution in [-0.4, -0.2) is 44.6 Å². The smallest absolute Gasteiger partial charge is 0.407 e. The van der Waals surface area contributed by atoms with Crippen molar-refractivity contribution in [3.63, 3.8) is 0 Å². The van der Waals surface area contributed by atoms with Crippen LogP contribution in [0.5, 0.6) is 0 Å². The third kappa shape index (κ3) is 3.95.